The number of hydrogen-bond donors (Lipinski definition) is 3. The molecule has 2 aromatic rings. The molecule has 0 fully saturated rings. The molecule has 1 aliphatic rings. The minimum atomic E-state index is -0.389. The molecule has 3 rings (SSSR count). The first-order chi connectivity index (χ1) is 13.2. The number of aliphatic hydroxyl groups is 1. The molecular weight excluding hydrogens is 342 g/mol. The summed E-state index contributed by atoms with van der Waals surface area (Å²) in [4.78, 5) is 4.32. The summed E-state index contributed by atoms with van der Waals surface area (Å²) in [7, 11) is 2.50. The molecule has 0 radical (unpaired) electrons. The van der Waals surface area contributed by atoms with Crippen LogP contribution in [0.4, 0.5) is 0 Å². The summed E-state index contributed by atoms with van der Waals surface area (Å²) in [6.45, 7) is 14.1. The smallest absolute Gasteiger partial charge is 0.240 e. The van der Waals surface area contributed by atoms with Crippen molar-refractivity contribution in [1.29, 1.82) is 0 Å². The fourth-order valence-electron chi connectivity index (χ4n) is 2.47. The molecular formula is C20H39N5O2. The van der Waals surface area contributed by atoms with E-state index in [1.165, 1.54) is 7.05 Å². The van der Waals surface area contributed by atoms with Crippen LogP contribution in [0.3, 0.4) is 0 Å². The van der Waals surface area contributed by atoms with Gasteiger partial charge in [0.05, 0.1) is 5.69 Å². The lowest BCUT2D eigenvalue weighted by molar-refractivity contribution is 0.0550. The lowest BCUT2D eigenvalue weighted by Gasteiger charge is -2.35. The zero-order chi connectivity index (χ0) is 21.3. The molecule has 27 heavy (non-hydrogen) atoms. The van der Waals surface area contributed by atoms with Crippen LogP contribution in [0.15, 0.2) is 30.6 Å². The quantitative estimate of drug-likeness (QED) is 0.704. The first-order valence-electron chi connectivity index (χ1n) is 9.67. The molecule has 0 spiro atoms. The lowest BCUT2D eigenvalue weighted by atomic mass is 9.96. The molecule has 0 bridgehead atoms. The Bertz CT molecular complexity index is 589. The molecule has 7 nitrogen and oxygen atoms in total. The Balaban J connectivity index is 0. The predicted octanol–water partition coefficient (Wildman–Crippen LogP) is 3.11. The number of nitrogens with two attached hydrogens (primary N) is 1. The van der Waals surface area contributed by atoms with Gasteiger partial charge in [0, 0.05) is 25.9 Å². The molecule has 2 aromatic heterocycles. The Hall–Kier alpha value is -1.96. The molecule has 1 aliphatic heterocycles. The van der Waals surface area contributed by atoms with Gasteiger partial charge in [-0.25, -0.2) is 9.67 Å². The van der Waals surface area contributed by atoms with Crippen LogP contribution in [-0.4, -0.2) is 47.1 Å². The SMILES string of the molecule is CC.CC.CCNCCC1(C)Oc2ncccc2-n2nccc21.CN.CO. The second-order valence-corrected chi connectivity index (χ2v) is 4.89. The largest absolute Gasteiger partial charge is 0.463 e. The van der Waals surface area contributed by atoms with Gasteiger partial charge in [-0.05, 0) is 45.3 Å². The average molecular weight is 382 g/mol. The van der Waals surface area contributed by atoms with Crippen LogP contribution in [0.1, 0.15) is 53.7 Å². The van der Waals surface area contributed by atoms with Gasteiger partial charge in [-0.1, -0.05) is 34.6 Å². The summed E-state index contributed by atoms with van der Waals surface area (Å²) in [6.07, 6.45) is 4.44. The minimum absolute atomic E-state index is 0.389. The topological polar surface area (TPSA) is 98.2 Å². The highest BCUT2D eigenvalue weighted by Gasteiger charge is 2.37. The van der Waals surface area contributed by atoms with Crippen molar-refractivity contribution < 1.29 is 9.84 Å². The van der Waals surface area contributed by atoms with E-state index >= 15 is 0 Å². The number of fused-ring (bicyclic) bond motifs is 3. The molecule has 3 heterocycles. The molecule has 1 unspecified atom stereocenters. The number of nitrogens with zero attached hydrogens (tertiary/aromatic N) is 3. The van der Waals surface area contributed by atoms with E-state index in [1.807, 2.05) is 56.8 Å². The number of aliphatic hydroxyl groups excluding tert-OH is 1. The van der Waals surface area contributed by atoms with Gasteiger partial charge < -0.3 is 20.9 Å². The molecule has 0 saturated heterocycles. The van der Waals surface area contributed by atoms with Crippen LogP contribution in [0.2, 0.25) is 0 Å². The second-order valence-electron chi connectivity index (χ2n) is 4.89. The van der Waals surface area contributed by atoms with Crippen molar-refractivity contribution in [1.82, 2.24) is 20.1 Å². The molecule has 1 atom stereocenters. The summed E-state index contributed by atoms with van der Waals surface area (Å²) in [5, 5.41) is 14.7. The van der Waals surface area contributed by atoms with Crippen LogP contribution in [0.5, 0.6) is 5.88 Å². The van der Waals surface area contributed by atoms with E-state index in [0.717, 1.165) is 38.0 Å². The van der Waals surface area contributed by atoms with E-state index in [2.05, 4.69) is 35.0 Å². The van der Waals surface area contributed by atoms with E-state index in [-0.39, 0.29) is 5.60 Å². The molecule has 156 valence electrons. The Kier molecular flexibility index (Phi) is 16.4. The van der Waals surface area contributed by atoms with Crippen LogP contribution in [-0.2, 0) is 5.60 Å². The third-order valence-electron chi connectivity index (χ3n) is 3.51. The zero-order valence-electron chi connectivity index (χ0n) is 18.3. The first-order valence-corrected chi connectivity index (χ1v) is 9.67. The predicted molar refractivity (Wildman–Crippen MR) is 113 cm³/mol. The lowest BCUT2D eigenvalue weighted by Crippen LogP contribution is -2.38. The third-order valence-corrected chi connectivity index (χ3v) is 3.51. The van der Waals surface area contributed by atoms with Gasteiger partial charge in [-0.2, -0.15) is 5.10 Å². The fraction of sp³-hybridized carbons (Fsp3) is 0.600. The maximum Gasteiger partial charge on any atom is 0.240 e. The highest BCUT2D eigenvalue weighted by Crippen LogP contribution is 2.38. The summed E-state index contributed by atoms with van der Waals surface area (Å²) in [6, 6.07) is 5.89. The van der Waals surface area contributed by atoms with Crippen molar-refractivity contribution in [3.05, 3.63) is 36.3 Å². The van der Waals surface area contributed by atoms with Crippen molar-refractivity contribution >= 4 is 0 Å². The average Bonchev–Trinajstić information content (AvgIpc) is 3.26. The molecule has 0 saturated carbocycles. The normalized spacial score (nSPS) is 15.3. The molecule has 0 aliphatic carbocycles. The number of aromatic nitrogens is 3. The van der Waals surface area contributed by atoms with Gasteiger partial charge in [-0.3, -0.25) is 0 Å². The van der Waals surface area contributed by atoms with E-state index in [0.29, 0.717) is 5.88 Å². The molecule has 0 amide bonds. The highest BCUT2D eigenvalue weighted by molar-refractivity contribution is 5.45. The van der Waals surface area contributed by atoms with E-state index in [1.54, 1.807) is 6.20 Å². The van der Waals surface area contributed by atoms with Crippen molar-refractivity contribution in [2.24, 2.45) is 5.73 Å². The van der Waals surface area contributed by atoms with Crippen LogP contribution < -0.4 is 15.8 Å². The maximum atomic E-state index is 7.00. The Morgan fingerprint density at radius 1 is 1.15 bits per heavy atom. The van der Waals surface area contributed by atoms with Crippen molar-refractivity contribution in [3.8, 4) is 11.6 Å². The summed E-state index contributed by atoms with van der Waals surface area (Å²) in [5.74, 6) is 0.651. The standard InChI is InChI=1S/C14H18N4O.2C2H6.CH5N.CH4O/c1-3-15-10-7-14(2)12-6-9-17-18(12)11-5-4-8-16-13(11)19-14;4*1-2/h4-6,8-9,15H,3,7,10H2,1-2H3;2*1-2H3;2H2,1H3;2H,1H3. The third kappa shape index (κ3) is 7.28. The van der Waals surface area contributed by atoms with Crippen LogP contribution in [0, 0.1) is 0 Å². The fourth-order valence-corrected chi connectivity index (χ4v) is 2.47. The Morgan fingerprint density at radius 3 is 2.37 bits per heavy atom. The summed E-state index contributed by atoms with van der Waals surface area (Å²) < 4.78 is 8.07. The van der Waals surface area contributed by atoms with Crippen LogP contribution in [0.25, 0.3) is 5.69 Å². The first kappa shape index (κ1) is 27.3. The molecule has 0 aromatic carbocycles. The van der Waals surface area contributed by atoms with Gasteiger partial charge in [-0.15, -0.1) is 0 Å². The van der Waals surface area contributed by atoms with Gasteiger partial charge >= 0.3 is 0 Å². The van der Waals surface area contributed by atoms with Gasteiger partial charge in [0.2, 0.25) is 5.88 Å². The number of pyridine rings is 1. The summed E-state index contributed by atoms with van der Waals surface area (Å²) in [5.41, 5.74) is 6.09. The molecule has 4 N–H and O–H groups in total. The van der Waals surface area contributed by atoms with Crippen molar-refractivity contribution in [2.45, 2.75) is 53.6 Å². The second kappa shape index (κ2) is 16.2. The van der Waals surface area contributed by atoms with E-state index in [4.69, 9.17) is 9.84 Å². The van der Waals surface area contributed by atoms with Gasteiger partial charge in [0.25, 0.3) is 0 Å². The maximum absolute atomic E-state index is 7.00. The highest BCUT2D eigenvalue weighted by atomic mass is 16.5. The van der Waals surface area contributed by atoms with Gasteiger partial charge in [0.1, 0.15) is 5.69 Å². The minimum Gasteiger partial charge on any atom is -0.463 e. The Morgan fingerprint density at radius 2 is 1.78 bits per heavy atom. The van der Waals surface area contributed by atoms with E-state index < -0.39 is 0 Å². The molecule has 7 heteroatoms. The summed E-state index contributed by atoms with van der Waals surface area (Å²) >= 11 is 0. The number of rotatable bonds is 4. The van der Waals surface area contributed by atoms with Crippen molar-refractivity contribution in [2.75, 3.05) is 27.2 Å². The number of ether oxygens (including phenoxy) is 1. The van der Waals surface area contributed by atoms with Gasteiger partial charge in [0.15, 0.2) is 5.60 Å². The Labute approximate surface area is 165 Å². The monoisotopic (exact) mass is 381 g/mol. The number of hydrogen-bond acceptors (Lipinski definition) is 6. The van der Waals surface area contributed by atoms with Crippen molar-refractivity contribution in [3.63, 3.8) is 0 Å². The number of nitrogens with one attached hydrogen (secondary N) is 1. The zero-order valence-corrected chi connectivity index (χ0v) is 18.3. The van der Waals surface area contributed by atoms with E-state index in [9.17, 15) is 0 Å². The van der Waals surface area contributed by atoms with Crippen LogP contribution >= 0.6 is 0 Å².